The van der Waals surface area contributed by atoms with Gasteiger partial charge in [0, 0.05) is 20.1 Å². The molecule has 0 unspecified atom stereocenters. The van der Waals surface area contributed by atoms with Crippen LogP contribution in [0, 0.1) is 11.3 Å². The van der Waals surface area contributed by atoms with Crippen molar-refractivity contribution in [2.45, 2.75) is 12.8 Å². The molecule has 0 aromatic carbocycles. The van der Waals surface area contributed by atoms with Crippen LogP contribution in [0.5, 0.6) is 0 Å². The van der Waals surface area contributed by atoms with Crippen LogP contribution >= 0.6 is 12.2 Å². The zero-order valence-electron chi connectivity index (χ0n) is 8.21. The topological polar surface area (TPSA) is 65.1 Å². The van der Waals surface area contributed by atoms with Gasteiger partial charge >= 0.3 is 0 Å². The minimum atomic E-state index is 0.379. The van der Waals surface area contributed by atoms with Crippen LogP contribution in [-0.4, -0.2) is 30.0 Å². The summed E-state index contributed by atoms with van der Waals surface area (Å²) in [7, 11) is 1.69. The first-order chi connectivity index (χ1) is 6.70. The zero-order valence-corrected chi connectivity index (χ0v) is 9.02. The van der Waals surface area contributed by atoms with Crippen LogP contribution in [0.15, 0.2) is 11.4 Å². The number of nitriles is 1. The van der Waals surface area contributed by atoms with Gasteiger partial charge in [-0.05, 0) is 12.8 Å². The second-order valence-electron chi connectivity index (χ2n) is 3.15. The van der Waals surface area contributed by atoms with Crippen molar-refractivity contribution in [1.82, 2.24) is 10.2 Å². The summed E-state index contributed by atoms with van der Waals surface area (Å²) in [6.07, 6.45) is 2.26. The average Bonchev–Trinajstić information content (AvgIpc) is 2.71. The Labute approximate surface area is 89.4 Å². The predicted octanol–water partition coefficient (Wildman–Crippen LogP) is 0.323. The summed E-state index contributed by atoms with van der Waals surface area (Å²) in [5.74, 6) is 0.504. The second-order valence-corrected chi connectivity index (χ2v) is 3.55. The monoisotopic (exact) mass is 210 g/mol. The molecule has 0 saturated carbocycles. The van der Waals surface area contributed by atoms with Gasteiger partial charge in [-0.3, -0.25) is 0 Å². The lowest BCUT2D eigenvalue weighted by molar-refractivity contribution is 0.420. The number of likely N-dealkylation sites (N-methyl/N-ethyl adjacent to an activating group) is 1. The van der Waals surface area contributed by atoms with Gasteiger partial charge in [0.1, 0.15) is 22.5 Å². The van der Waals surface area contributed by atoms with Crippen LogP contribution in [0.3, 0.4) is 0 Å². The van der Waals surface area contributed by atoms with Gasteiger partial charge in [-0.25, -0.2) is 0 Å². The number of nitrogens with one attached hydrogen (secondary N) is 1. The maximum Gasteiger partial charge on any atom is 0.126 e. The fourth-order valence-corrected chi connectivity index (χ4v) is 1.62. The lowest BCUT2D eigenvalue weighted by atomic mass is 10.2. The quantitative estimate of drug-likeness (QED) is 0.390. The number of likely N-dealkylation sites (tertiary alicyclic amines) is 1. The first-order valence-corrected chi connectivity index (χ1v) is 4.98. The van der Waals surface area contributed by atoms with E-state index in [4.69, 9.17) is 23.2 Å². The molecule has 1 rings (SSSR count). The SMILES string of the molecule is CNC(=S)/C(C#N)=C(\N)N1CCCC1. The number of nitrogens with zero attached hydrogens (tertiary/aromatic N) is 2. The van der Waals surface area contributed by atoms with Gasteiger partial charge in [0.25, 0.3) is 0 Å². The minimum absolute atomic E-state index is 0.379. The van der Waals surface area contributed by atoms with Crippen molar-refractivity contribution in [3.63, 3.8) is 0 Å². The van der Waals surface area contributed by atoms with Crippen LogP contribution < -0.4 is 11.1 Å². The molecule has 0 aromatic heterocycles. The molecule has 1 saturated heterocycles. The number of hydrogen-bond acceptors (Lipinski definition) is 4. The van der Waals surface area contributed by atoms with Crippen molar-refractivity contribution in [3.05, 3.63) is 11.4 Å². The van der Waals surface area contributed by atoms with E-state index in [9.17, 15) is 0 Å². The Hall–Kier alpha value is -1.28. The maximum atomic E-state index is 8.92. The molecular formula is C9H14N4S. The smallest absolute Gasteiger partial charge is 0.126 e. The summed E-state index contributed by atoms with van der Waals surface area (Å²) in [4.78, 5) is 2.42. The van der Waals surface area contributed by atoms with Gasteiger partial charge in [-0.1, -0.05) is 12.2 Å². The van der Waals surface area contributed by atoms with Gasteiger partial charge in [-0.2, -0.15) is 5.26 Å². The van der Waals surface area contributed by atoms with E-state index in [1.807, 2.05) is 11.0 Å². The molecule has 1 heterocycles. The standard InChI is InChI=1S/C9H14N4S/c1-12-9(14)7(6-10)8(11)13-4-2-3-5-13/h2-5,11H2,1H3,(H,12,14)/b8-7+. The molecule has 0 atom stereocenters. The molecule has 14 heavy (non-hydrogen) atoms. The Morgan fingerprint density at radius 2 is 2.07 bits per heavy atom. The largest absolute Gasteiger partial charge is 0.384 e. The molecule has 76 valence electrons. The zero-order chi connectivity index (χ0) is 10.6. The molecule has 4 nitrogen and oxygen atoms in total. The van der Waals surface area contributed by atoms with Gasteiger partial charge in [0.05, 0.1) is 0 Å². The normalized spacial score (nSPS) is 17.3. The lowest BCUT2D eigenvalue weighted by Crippen LogP contribution is -2.30. The molecule has 0 amide bonds. The van der Waals surface area contributed by atoms with Gasteiger partial charge < -0.3 is 16.0 Å². The van der Waals surface area contributed by atoms with Crippen molar-refractivity contribution >= 4 is 17.2 Å². The highest BCUT2D eigenvalue weighted by Gasteiger charge is 2.17. The van der Waals surface area contributed by atoms with Crippen molar-refractivity contribution < 1.29 is 0 Å². The van der Waals surface area contributed by atoms with E-state index in [1.54, 1.807) is 7.05 Å². The van der Waals surface area contributed by atoms with Crippen LogP contribution in [0.1, 0.15) is 12.8 Å². The van der Waals surface area contributed by atoms with E-state index in [0.717, 1.165) is 25.9 Å². The molecule has 0 aromatic rings. The van der Waals surface area contributed by atoms with Crippen LogP contribution in [-0.2, 0) is 0 Å². The van der Waals surface area contributed by atoms with Gasteiger partial charge in [0.2, 0.25) is 0 Å². The Kier molecular flexibility index (Phi) is 3.72. The predicted molar refractivity (Wildman–Crippen MR) is 59.3 cm³/mol. The molecule has 1 aliphatic heterocycles. The number of thiocarbonyl (C=S) groups is 1. The van der Waals surface area contributed by atoms with E-state index >= 15 is 0 Å². The van der Waals surface area contributed by atoms with Crippen molar-refractivity contribution in [2.75, 3.05) is 20.1 Å². The molecule has 1 fully saturated rings. The fraction of sp³-hybridized carbons (Fsp3) is 0.556. The van der Waals surface area contributed by atoms with Crippen LogP contribution in [0.25, 0.3) is 0 Å². The summed E-state index contributed by atoms with van der Waals surface area (Å²) in [6, 6.07) is 2.04. The number of nitrogens with two attached hydrogens (primary N) is 1. The molecule has 1 aliphatic rings. The first-order valence-electron chi connectivity index (χ1n) is 4.57. The molecular weight excluding hydrogens is 196 g/mol. The molecule has 5 heteroatoms. The average molecular weight is 210 g/mol. The maximum absolute atomic E-state index is 8.92. The van der Waals surface area contributed by atoms with E-state index in [0.29, 0.717) is 16.4 Å². The van der Waals surface area contributed by atoms with Crippen LogP contribution in [0.2, 0.25) is 0 Å². The molecule has 0 aliphatic carbocycles. The summed E-state index contributed by atoms with van der Waals surface area (Å²) >= 11 is 4.99. The van der Waals surface area contributed by atoms with Crippen molar-refractivity contribution in [2.24, 2.45) is 5.73 Å². The molecule has 0 radical (unpaired) electrons. The highest BCUT2D eigenvalue weighted by molar-refractivity contribution is 7.80. The Bertz CT molecular complexity index is 296. The molecule has 0 bridgehead atoms. The van der Waals surface area contributed by atoms with Gasteiger partial charge in [0.15, 0.2) is 0 Å². The third-order valence-corrected chi connectivity index (χ3v) is 2.68. The summed E-state index contributed by atoms with van der Waals surface area (Å²) < 4.78 is 0. The third kappa shape index (κ3) is 2.15. The summed E-state index contributed by atoms with van der Waals surface area (Å²) in [6.45, 7) is 1.84. The lowest BCUT2D eigenvalue weighted by Gasteiger charge is -2.19. The highest BCUT2D eigenvalue weighted by Crippen LogP contribution is 2.14. The Morgan fingerprint density at radius 3 is 2.50 bits per heavy atom. The third-order valence-electron chi connectivity index (χ3n) is 2.27. The number of hydrogen-bond donors (Lipinski definition) is 2. The second kappa shape index (κ2) is 4.82. The fourth-order valence-electron chi connectivity index (χ4n) is 1.47. The Morgan fingerprint density at radius 1 is 1.50 bits per heavy atom. The first kappa shape index (κ1) is 10.8. The Balaban J connectivity index is 2.87. The number of rotatable bonds is 2. The summed E-state index contributed by atoms with van der Waals surface area (Å²) in [5.41, 5.74) is 6.24. The summed E-state index contributed by atoms with van der Waals surface area (Å²) in [5, 5.41) is 11.7. The minimum Gasteiger partial charge on any atom is -0.384 e. The van der Waals surface area contributed by atoms with Crippen molar-refractivity contribution in [1.29, 1.82) is 5.26 Å². The molecule has 0 spiro atoms. The van der Waals surface area contributed by atoms with E-state index in [-0.39, 0.29) is 0 Å². The van der Waals surface area contributed by atoms with Crippen LogP contribution in [0.4, 0.5) is 0 Å². The molecule has 3 N–H and O–H groups in total. The van der Waals surface area contributed by atoms with E-state index < -0.39 is 0 Å². The highest BCUT2D eigenvalue weighted by atomic mass is 32.1. The van der Waals surface area contributed by atoms with Crippen molar-refractivity contribution in [3.8, 4) is 6.07 Å². The van der Waals surface area contributed by atoms with E-state index in [2.05, 4.69) is 5.32 Å². The van der Waals surface area contributed by atoms with E-state index in [1.165, 1.54) is 0 Å². The van der Waals surface area contributed by atoms with Gasteiger partial charge in [-0.15, -0.1) is 0 Å².